The molecule has 6 nitrogen and oxygen atoms in total. The van der Waals surface area contributed by atoms with Crippen molar-refractivity contribution in [3.8, 4) is 0 Å². The van der Waals surface area contributed by atoms with Gasteiger partial charge < -0.3 is 21.0 Å². The third kappa shape index (κ3) is 5.86. The first-order valence-electron chi connectivity index (χ1n) is 6.26. The smallest absolute Gasteiger partial charge is 0.140 e. The molecule has 100 valence electrons. The van der Waals surface area contributed by atoms with Crippen LogP contribution in [0, 0.1) is 0 Å². The summed E-state index contributed by atoms with van der Waals surface area (Å²) in [7, 11) is 0. The number of ether oxygens (including phenoxy) is 1. The molecule has 0 aliphatic carbocycles. The number of nitrogens with zero attached hydrogens (tertiary/aromatic N) is 2. The second-order valence-corrected chi connectivity index (χ2v) is 4.31. The lowest BCUT2D eigenvalue weighted by Crippen LogP contribution is -2.43. The van der Waals surface area contributed by atoms with E-state index in [4.69, 9.17) is 15.7 Å². The van der Waals surface area contributed by atoms with Gasteiger partial charge in [-0.25, -0.2) is 0 Å². The van der Waals surface area contributed by atoms with Gasteiger partial charge in [0.05, 0.1) is 13.2 Å². The normalized spacial score (nSPS) is 20.4. The summed E-state index contributed by atoms with van der Waals surface area (Å²) in [6.45, 7) is 7.74. The van der Waals surface area contributed by atoms with Crippen LogP contribution in [0.4, 0.5) is 0 Å². The van der Waals surface area contributed by atoms with E-state index in [2.05, 4.69) is 22.3 Å². The molecule has 0 bridgehead atoms. The molecule has 1 atom stereocenters. The number of oxime groups is 1. The number of rotatable bonds is 7. The van der Waals surface area contributed by atoms with Gasteiger partial charge in [0.25, 0.3) is 0 Å². The molecule has 1 unspecified atom stereocenters. The van der Waals surface area contributed by atoms with E-state index in [0.717, 1.165) is 45.8 Å². The molecule has 4 N–H and O–H groups in total. The van der Waals surface area contributed by atoms with Crippen molar-refractivity contribution in [3.05, 3.63) is 0 Å². The standard InChI is InChI=1S/C11H24N4O2/c1-2-10(9-11(12)14-16)13-3-4-15-5-7-17-8-6-15/h10,13,16H,2-9H2,1H3,(H2,12,14). The molecule has 0 aromatic heterocycles. The summed E-state index contributed by atoms with van der Waals surface area (Å²) >= 11 is 0. The van der Waals surface area contributed by atoms with Gasteiger partial charge in [0, 0.05) is 38.6 Å². The molecule has 1 aliphatic heterocycles. The van der Waals surface area contributed by atoms with Gasteiger partial charge in [-0.2, -0.15) is 0 Å². The van der Waals surface area contributed by atoms with Crippen LogP contribution in [0.15, 0.2) is 5.16 Å². The van der Waals surface area contributed by atoms with E-state index in [1.165, 1.54) is 0 Å². The first kappa shape index (κ1) is 14.2. The van der Waals surface area contributed by atoms with E-state index in [0.29, 0.717) is 6.42 Å². The molecule has 0 radical (unpaired) electrons. The molecule has 0 spiro atoms. The van der Waals surface area contributed by atoms with Crippen LogP contribution in [-0.2, 0) is 4.74 Å². The van der Waals surface area contributed by atoms with Crippen LogP contribution in [0.2, 0.25) is 0 Å². The second kappa shape index (κ2) is 8.27. The number of nitrogens with two attached hydrogens (primary N) is 1. The molecule has 17 heavy (non-hydrogen) atoms. The fourth-order valence-corrected chi connectivity index (χ4v) is 1.91. The number of amidine groups is 1. The van der Waals surface area contributed by atoms with Crippen molar-refractivity contribution in [3.63, 3.8) is 0 Å². The van der Waals surface area contributed by atoms with E-state index in [9.17, 15) is 0 Å². The Hall–Kier alpha value is -0.850. The number of nitrogens with one attached hydrogen (secondary N) is 1. The van der Waals surface area contributed by atoms with E-state index in [1.807, 2.05) is 0 Å². The maximum absolute atomic E-state index is 8.52. The predicted octanol–water partition coefficient (Wildman–Crippen LogP) is -0.177. The first-order chi connectivity index (χ1) is 8.26. The van der Waals surface area contributed by atoms with Crippen LogP contribution >= 0.6 is 0 Å². The zero-order chi connectivity index (χ0) is 12.5. The molecular weight excluding hydrogens is 220 g/mol. The first-order valence-corrected chi connectivity index (χ1v) is 6.26. The molecule has 1 heterocycles. The zero-order valence-electron chi connectivity index (χ0n) is 10.6. The Morgan fingerprint density at radius 2 is 2.24 bits per heavy atom. The number of hydrogen-bond acceptors (Lipinski definition) is 5. The minimum absolute atomic E-state index is 0.284. The Morgan fingerprint density at radius 3 is 2.82 bits per heavy atom. The van der Waals surface area contributed by atoms with Crippen LogP contribution in [0.1, 0.15) is 19.8 Å². The quantitative estimate of drug-likeness (QED) is 0.250. The second-order valence-electron chi connectivity index (χ2n) is 4.31. The third-order valence-corrected chi connectivity index (χ3v) is 3.04. The molecule has 6 heteroatoms. The summed E-state index contributed by atoms with van der Waals surface area (Å²) < 4.78 is 5.29. The predicted molar refractivity (Wildman–Crippen MR) is 67.4 cm³/mol. The summed E-state index contributed by atoms with van der Waals surface area (Å²) in [6.07, 6.45) is 1.56. The minimum atomic E-state index is 0.284. The van der Waals surface area contributed by atoms with Gasteiger partial charge in [0.2, 0.25) is 0 Å². The van der Waals surface area contributed by atoms with Crippen LogP contribution in [-0.4, -0.2) is 61.4 Å². The van der Waals surface area contributed by atoms with Crippen molar-refractivity contribution in [1.29, 1.82) is 0 Å². The molecule has 1 rings (SSSR count). The largest absolute Gasteiger partial charge is 0.409 e. The minimum Gasteiger partial charge on any atom is -0.409 e. The molecule has 1 saturated heterocycles. The van der Waals surface area contributed by atoms with Gasteiger partial charge in [-0.3, -0.25) is 4.90 Å². The van der Waals surface area contributed by atoms with Gasteiger partial charge in [-0.05, 0) is 6.42 Å². The summed E-state index contributed by atoms with van der Waals surface area (Å²) in [4.78, 5) is 2.38. The highest BCUT2D eigenvalue weighted by atomic mass is 16.5. The molecule has 0 aromatic carbocycles. The van der Waals surface area contributed by atoms with Gasteiger partial charge >= 0.3 is 0 Å². The van der Waals surface area contributed by atoms with Crippen molar-refractivity contribution in [2.24, 2.45) is 10.9 Å². The molecule has 0 aromatic rings. The summed E-state index contributed by atoms with van der Waals surface area (Å²) in [5.74, 6) is 0.288. The SMILES string of the molecule is CCC(CC(N)=NO)NCCN1CCOCC1. The zero-order valence-corrected chi connectivity index (χ0v) is 10.6. The van der Waals surface area contributed by atoms with E-state index < -0.39 is 0 Å². The van der Waals surface area contributed by atoms with Crippen LogP contribution < -0.4 is 11.1 Å². The number of hydrogen-bond donors (Lipinski definition) is 3. The van der Waals surface area contributed by atoms with E-state index in [-0.39, 0.29) is 11.9 Å². The lowest BCUT2D eigenvalue weighted by atomic mass is 10.1. The molecular formula is C11H24N4O2. The average molecular weight is 244 g/mol. The lowest BCUT2D eigenvalue weighted by molar-refractivity contribution is 0.0381. The maximum atomic E-state index is 8.52. The Morgan fingerprint density at radius 1 is 1.53 bits per heavy atom. The molecule has 0 amide bonds. The van der Waals surface area contributed by atoms with Gasteiger partial charge in [0.15, 0.2) is 0 Å². The molecule has 1 fully saturated rings. The lowest BCUT2D eigenvalue weighted by Gasteiger charge is -2.27. The highest BCUT2D eigenvalue weighted by molar-refractivity contribution is 5.80. The molecule has 0 saturated carbocycles. The fraction of sp³-hybridized carbons (Fsp3) is 0.909. The third-order valence-electron chi connectivity index (χ3n) is 3.04. The topological polar surface area (TPSA) is 83.1 Å². The van der Waals surface area contributed by atoms with Crippen LogP contribution in [0.3, 0.4) is 0 Å². The monoisotopic (exact) mass is 244 g/mol. The van der Waals surface area contributed by atoms with E-state index >= 15 is 0 Å². The number of morpholine rings is 1. The van der Waals surface area contributed by atoms with Crippen LogP contribution in [0.25, 0.3) is 0 Å². The molecule has 1 aliphatic rings. The van der Waals surface area contributed by atoms with Crippen molar-refractivity contribution in [2.75, 3.05) is 39.4 Å². The Labute approximate surface area is 103 Å². The summed E-state index contributed by atoms with van der Waals surface area (Å²) in [6, 6.07) is 0.284. The van der Waals surface area contributed by atoms with Crippen molar-refractivity contribution in [2.45, 2.75) is 25.8 Å². The summed E-state index contributed by atoms with van der Waals surface area (Å²) in [5, 5.41) is 15.0. The average Bonchev–Trinajstić information content (AvgIpc) is 2.38. The summed E-state index contributed by atoms with van der Waals surface area (Å²) in [5.41, 5.74) is 5.50. The highest BCUT2D eigenvalue weighted by Gasteiger charge is 2.11. The van der Waals surface area contributed by atoms with Gasteiger partial charge in [-0.15, -0.1) is 0 Å². The van der Waals surface area contributed by atoms with Crippen LogP contribution in [0.5, 0.6) is 0 Å². The van der Waals surface area contributed by atoms with E-state index in [1.54, 1.807) is 0 Å². The van der Waals surface area contributed by atoms with Crippen molar-refractivity contribution < 1.29 is 9.94 Å². The van der Waals surface area contributed by atoms with Gasteiger partial charge in [-0.1, -0.05) is 12.1 Å². The Bertz CT molecular complexity index is 230. The van der Waals surface area contributed by atoms with Crippen molar-refractivity contribution in [1.82, 2.24) is 10.2 Å². The Kier molecular flexibility index (Phi) is 6.91. The fourth-order valence-electron chi connectivity index (χ4n) is 1.91. The maximum Gasteiger partial charge on any atom is 0.140 e. The van der Waals surface area contributed by atoms with Gasteiger partial charge in [0.1, 0.15) is 5.84 Å². The van der Waals surface area contributed by atoms with Crippen molar-refractivity contribution >= 4 is 5.84 Å². The Balaban J connectivity index is 2.14. The highest BCUT2D eigenvalue weighted by Crippen LogP contribution is 1.99.